The van der Waals surface area contributed by atoms with Gasteiger partial charge in [0.05, 0.1) is 13.0 Å². The molecule has 1 N–H and O–H groups in total. The van der Waals surface area contributed by atoms with E-state index in [0.717, 1.165) is 27.5 Å². The fraction of sp³-hybridized carbons (Fsp3) is 0.217. The molecule has 0 atom stereocenters. The van der Waals surface area contributed by atoms with Gasteiger partial charge < -0.3 is 10.2 Å². The van der Waals surface area contributed by atoms with Crippen molar-refractivity contribution in [1.29, 1.82) is 0 Å². The molecule has 138 valence electrons. The molecular weight excluding hydrogens is 336 g/mol. The molecule has 0 aliphatic rings. The van der Waals surface area contributed by atoms with Crippen LogP contribution in [0.4, 0.5) is 0 Å². The molecule has 0 heterocycles. The van der Waals surface area contributed by atoms with E-state index in [-0.39, 0.29) is 24.8 Å². The van der Waals surface area contributed by atoms with Crippen molar-refractivity contribution in [2.45, 2.75) is 19.9 Å². The number of aryl methyl sites for hydroxylation is 1. The van der Waals surface area contributed by atoms with Crippen LogP contribution in [-0.2, 0) is 22.6 Å². The zero-order valence-corrected chi connectivity index (χ0v) is 15.7. The minimum Gasteiger partial charge on any atom is -0.347 e. The smallest absolute Gasteiger partial charge is 0.242 e. The number of nitrogens with zero attached hydrogens (tertiary/aromatic N) is 1. The largest absolute Gasteiger partial charge is 0.347 e. The van der Waals surface area contributed by atoms with E-state index in [2.05, 4.69) is 5.32 Å². The maximum absolute atomic E-state index is 12.3. The normalized spacial score (nSPS) is 10.6. The topological polar surface area (TPSA) is 49.4 Å². The van der Waals surface area contributed by atoms with Gasteiger partial charge in [-0.1, -0.05) is 66.7 Å². The van der Waals surface area contributed by atoms with Crippen molar-refractivity contribution in [1.82, 2.24) is 10.2 Å². The Morgan fingerprint density at radius 1 is 0.889 bits per heavy atom. The molecule has 3 aromatic carbocycles. The van der Waals surface area contributed by atoms with Crippen molar-refractivity contribution in [3.8, 4) is 0 Å². The average molecular weight is 360 g/mol. The Morgan fingerprint density at radius 3 is 2.37 bits per heavy atom. The van der Waals surface area contributed by atoms with Gasteiger partial charge in [0.2, 0.25) is 11.8 Å². The lowest BCUT2D eigenvalue weighted by Crippen LogP contribution is -2.38. The lowest BCUT2D eigenvalue weighted by atomic mass is 10.0. The summed E-state index contributed by atoms with van der Waals surface area (Å²) >= 11 is 0. The van der Waals surface area contributed by atoms with Gasteiger partial charge in [0.1, 0.15) is 0 Å². The maximum Gasteiger partial charge on any atom is 0.242 e. The number of hydrogen-bond donors (Lipinski definition) is 1. The SMILES string of the molecule is Cc1ccccc1CN(C)C(=O)CNC(=O)Cc1cccc2ccccc12. The van der Waals surface area contributed by atoms with Crippen molar-refractivity contribution < 1.29 is 9.59 Å². The molecule has 0 aliphatic carbocycles. The van der Waals surface area contributed by atoms with Gasteiger partial charge in [-0.3, -0.25) is 9.59 Å². The first-order chi connectivity index (χ1) is 13.0. The van der Waals surface area contributed by atoms with E-state index in [1.807, 2.05) is 73.7 Å². The highest BCUT2D eigenvalue weighted by molar-refractivity contribution is 5.91. The highest BCUT2D eigenvalue weighted by atomic mass is 16.2. The zero-order chi connectivity index (χ0) is 19.2. The van der Waals surface area contributed by atoms with E-state index in [1.54, 1.807) is 11.9 Å². The van der Waals surface area contributed by atoms with Crippen LogP contribution in [0.2, 0.25) is 0 Å². The lowest BCUT2D eigenvalue weighted by Gasteiger charge is -2.19. The molecule has 0 fully saturated rings. The summed E-state index contributed by atoms with van der Waals surface area (Å²) in [4.78, 5) is 26.3. The van der Waals surface area contributed by atoms with Crippen LogP contribution in [0.3, 0.4) is 0 Å². The van der Waals surface area contributed by atoms with Crippen molar-refractivity contribution >= 4 is 22.6 Å². The molecule has 0 spiro atoms. The number of benzene rings is 3. The molecule has 4 nitrogen and oxygen atoms in total. The van der Waals surface area contributed by atoms with Crippen LogP contribution in [0.15, 0.2) is 66.7 Å². The minimum atomic E-state index is -0.149. The monoisotopic (exact) mass is 360 g/mol. The molecule has 27 heavy (non-hydrogen) atoms. The Bertz CT molecular complexity index is 960. The summed E-state index contributed by atoms with van der Waals surface area (Å²) in [6, 6.07) is 21.9. The number of amides is 2. The summed E-state index contributed by atoms with van der Waals surface area (Å²) in [5.74, 6) is -0.256. The van der Waals surface area contributed by atoms with Gasteiger partial charge in [-0.05, 0) is 34.4 Å². The third kappa shape index (κ3) is 4.73. The van der Waals surface area contributed by atoms with E-state index >= 15 is 0 Å². The Morgan fingerprint density at radius 2 is 1.56 bits per heavy atom. The summed E-state index contributed by atoms with van der Waals surface area (Å²) in [5.41, 5.74) is 3.22. The van der Waals surface area contributed by atoms with Crippen LogP contribution in [-0.4, -0.2) is 30.3 Å². The highest BCUT2D eigenvalue weighted by Gasteiger charge is 2.13. The molecule has 0 aliphatic heterocycles. The van der Waals surface area contributed by atoms with E-state index in [1.165, 1.54) is 0 Å². The van der Waals surface area contributed by atoms with Gasteiger partial charge in [0, 0.05) is 13.6 Å². The Kier molecular flexibility index (Phi) is 5.87. The number of carbonyl (C=O) groups excluding carboxylic acids is 2. The van der Waals surface area contributed by atoms with E-state index in [0.29, 0.717) is 6.54 Å². The number of likely N-dealkylation sites (N-methyl/N-ethyl adjacent to an activating group) is 1. The van der Waals surface area contributed by atoms with Gasteiger partial charge in [0.25, 0.3) is 0 Å². The van der Waals surface area contributed by atoms with Crippen molar-refractivity contribution in [2.75, 3.05) is 13.6 Å². The third-order valence-electron chi connectivity index (χ3n) is 4.76. The number of fused-ring (bicyclic) bond motifs is 1. The number of hydrogen-bond acceptors (Lipinski definition) is 2. The second-order valence-corrected chi connectivity index (χ2v) is 6.77. The first kappa shape index (κ1) is 18.6. The molecule has 0 bridgehead atoms. The van der Waals surface area contributed by atoms with Gasteiger partial charge in [0.15, 0.2) is 0 Å². The molecule has 0 saturated heterocycles. The number of carbonyl (C=O) groups is 2. The number of rotatable bonds is 6. The second-order valence-electron chi connectivity index (χ2n) is 6.77. The van der Waals surface area contributed by atoms with E-state index < -0.39 is 0 Å². The predicted octanol–water partition coefficient (Wildman–Crippen LogP) is 3.47. The fourth-order valence-electron chi connectivity index (χ4n) is 3.12. The highest BCUT2D eigenvalue weighted by Crippen LogP contribution is 2.18. The number of nitrogens with one attached hydrogen (secondary N) is 1. The lowest BCUT2D eigenvalue weighted by molar-refractivity contribution is -0.132. The average Bonchev–Trinajstić information content (AvgIpc) is 2.68. The second kappa shape index (κ2) is 8.49. The van der Waals surface area contributed by atoms with E-state index in [9.17, 15) is 9.59 Å². The molecule has 0 radical (unpaired) electrons. The Balaban J connectivity index is 1.55. The maximum atomic E-state index is 12.3. The first-order valence-electron chi connectivity index (χ1n) is 9.06. The van der Waals surface area contributed by atoms with Gasteiger partial charge in [-0.15, -0.1) is 0 Å². The minimum absolute atomic E-state index is 0.00593. The molecule has 2 amide bonds. The molecule has 0 saturated carbocycles. The summed E-state index contributed by atoms with van der Waals surface area (Å²) in [7, 11) is 1.76. The molecule has 0 aromatic heterocycles. The standard InChI is InChI=1S/C23H24N2O2/c1-17-8-3-4-10-20(17)16-25(2)23(27)15-24-22(26)14-19-12-7-11-18-9-5-6-13-21(18)19/h3-13H,14-16H2,1-2H3,(H,24,26). The van der Waals surface area contributed by atoms with Crippen molar-refractivity contribution in [2.24, 2.45) is 0 Å². The van der Waals surface area contributed by atoms with Gasteiger partial charge in [-0.2, -0.15) is 0 Å². The first-order valence-corrected chi connectivity index (χ1v) is 9.06. The van der Waals surface area contributed by atoms with Crippen LogP contribution < -0.4 is 5.32 Å². The van der Waals surface area contributed by atoms with Crippen LogP contribution in [0, 0.1) is 6.92 Å². The predicted molar refractivity (Wildman–Crippen MR) is 108 cm³/mol. The molecule has 3 rings (SSSR count). The fourth-order valence-corrected chi connectivity index (χ4v) is 3.12. The van der Waals surface area contributed by atoms with Crippen LogP contribution in [0.25, 0.3) is 10.8 Å². The quantitative estimate of drug-likeness (QED) is 0.732. The van der Waals surface area contributed by atoms with Crippen molar-refractivity contribution in [3.63, 3.8) is 0 Å². The molecule has 3 aromatic rings. The van der Waals surface area contributed by atoms with E-state index in [4.69, 9.17) is 0 Å². The summed E-state index contributed by atoms with van der Waals surface area (Å²) in [5, 5.41) is 4.92. The summed E-state index contributed by atoms with van der Waals surface area (Å²) in [6.45, 7) is 2.57. The Labute approximate surface area is 159 Å². The zero-order valence-electron chi connectivity index (χ0n) is 15.7. The Hall–Kier alpha value is -3.14. The van der Waals surface area contributed by atoms with Crippen LogP contribution in [0.5, 0.6) is 0 Å². The van der Waals surface area contributed by atoms with Crippen molar-refractivity contribution in [3.05, 3.63) is 83.4 Å². The van der Waals surface area contributed by atoms with Gasteiger partial charge in [-0.25, -0.2) is 0 Å². The molecule has 0 unspecified atom stereocenters. The molecule has 4 heteroatoms. The van der Waals surface area contributed by atoms with Gasteiger partial charge >= 0.3 is 0 Å². The summed E-state index contributed by atoms with van der Waals surface area (Å²) < 4.78 is 0. The van der Waals surface area contributed by atoms with Crippen LogP contribution >= 0.6 is 0 Å². The molecular formula is C23H24N2O2. The summed E-state index contributed by atoms with van der Waals surface area (Å²) in [6.07, 6.45) is 0.260. The third-order valence-corrected chi connectivity index (χ3v) is 4.76. The van der Waals surface area contributed by atoms with Crippen LogP contribution in [0.1, 0.15) is 16.7 Å².